The van der Waals surface area contributed by atoms with Crippen molar-refractivity contribution in [2.24, 2.45) is 0 Å². The maximum absolute atomic E-state index is 13.0. The molecule has 1 unspecified atom stereocenters. The highest BCUT2D eigenvalue weighted by Crippen LogP contribution is 2.34. The van der Waals surface area contributed by atoms with Crippen LogP contribution in [0.5, 0.6) is 0 Å². The molecule has 118 valence electrons. The molecule has 3 aromatic rings. The molecule has 1 fully saturated rings. The minimum Gasteiger partial charge on any atom is -0.328 e. The number of likely N-dealkylation sites (tertiary alicyclic amines) is 1. The van der Waals surface area contributed by atoms with Crippen molar-refractivity contribution in [2.75, 3.05) is 6.54 Å². The van der Waals surface area contributed by atoms with Gasteiger partial charge in [-0.15, -0.1) is 21.5 Å². The first-order valence-corrected chi connectivity index (χ1v) is 8.64. The van der Waals surface area contributed by atoms with Crippen LogP contribution in [0.3, 0.4) is 0 Å². The summed E-state index contributed by atoms with van der Waals surface area (Å²) >= 11 is 1.68. The van der Waals surface area contributed by atoms with E-state index in [9.17, 15) is 4.79 Å². The van der Waals surface area contributed by atoms with Gasteiger partial charge in [0.15, 0.2) is 11.5 Å². The van der Waals surface area contributed by atoms with Gasteiger partial charge in [0.1, 0.15) is 0 Å². The summed E-state index contributed by atoms with van der Waals surface area (Å²) in [7, 11) is 0. The number of nitrogens with zero attached hydrogens (tertiary/aromatic N) is 4. The van der Waals surface area contributed by atoms with Gasteiger partial charge >= 0.3 is 0 Å². The molecule has 1 atom stereocenters. The van der Waals surface area contributed by atoms with Gasteiger partial charge in [-0.05, 0) is 44.9 Å². The molecule has 6 heteroatoms. The molecule has 0 saturated carbocycles. The zero-order valence-electron chi connectivity index (χ0n) is 13.2. The lowest BCUT2D eigenvalue weighted by molar-refractivity contribution is 0.0729. The fraction of sp³-hybridized carbons (Fsp3) is 0.353. The van der Waals surface area contributed by atoms with Gasteiger partial charge in [0.2, 0.25) is 0 Å². The van der Waals surface area contributed by atoms with E-state index in [4.69, 9.17) is 0 Å². The number of aryl methyl sites for hydroxylation is 2. The molecule has 1 aliphatic rings. The highest BCUT2D eigenvalue weighted by atomic mass is 32.1. The highest BCUT2D eigenvalue weighted by Gasteiger charge is 2.34. The summed E-state index contributed by atoms with van der Waals surface area (Å²) in [6, 6.07) is 7.85. The lowest BCUT2D eigenvalue weighted by Gasteiger charge is -2.23. The zero-order chi connectivity index (χ0) is 16.0. The maximum atomic E-state index is 13.0. The van der Waals surface area contributed by atoms with E-state index in [2.05, 4.69) is 10.2 Å². The Labute approximate surface area is 138 Å². The summed E-state index contributed by atoms with van der Waals surface area (Å²) in [4.78, 5) is 17.2. The fourth-order valence-electron chi connectivity index (χ4n) is 3.36. The smallest absolute Gasteiger partial charge is 0.255 e. The molecule has 5 nitrogen and oxygen atoms in total. The van der Waals surface area contributed by atoms with E-state index in [-0.39, 0.29) is 11.9 Å². The molecule has 4 heterocycles. The Morgan fingerprint density at radius 2 is 2.17 bits per heavy atom. The van der Waals surface area contributed by atoms with Gasteiger partial charge < -0.3 is 4.90 Å². The van der Waals surface area contributed by atoms with E-state index in [0.29, 0.717) is 0 Å². The molecule has 0 aliphatic carbocycles. The number of amides is 1. The number of hydrogen-bond donors (Lipinski definition) is 0. The number of thiophene rings is 1. The van der Waals surface area contributed by atoms with Crippen molar-refractivity contribution in [1.29, 1.82) is 0 Å². The van der Waals surface area contributed by atoms with Crippen molar-refractivity contribution in [1.82, 2.24) is 19.5 Å². The molecular weight excluding hydrogens is 308 g/mol. The Morgan fingerprint density at radius 3 is 2.96 bits per heavy atom. The Bertz CT molecular complexity index is 882. The van der Waals surface area contributed by atoms with Crippen molar-refractivity contribution in [3.8, 4) is 0 Å². The molecule has 1 aliphatic heterocycles. The van der Waals surface area contributed by atoms with Gasteiger partial charge in [0.25, 0.3) is 5.91 Å². The monoisotopic (exact) mass is 326 g/mol. The van der Waals surface area contributed by atoms with E-state index >= 15 is 0 Å². The minimum atomic E-state index is -0.000457. The van der Waals surface area contributed by atoms with Crippen LogP contribution in [0.2, 0.25) is 0 Å². The second-order valence-electron chi connectivity index (χ2n) is 5.97. The van der Waals surface area contributed by atoms with Crippen molar-refractivity contribution in [3.63, 3.8) is 0 Å². The van der Waals surface area contributed by atoms with Crippen LogP contribution in [0, 0.1) is 13.8 Å². The molecular formula is C17H18N4OS. The lowest BCUT2D eigenvalue weighted by atomic mass is 10.1. The molecule has 0 aromatic carbocycles. The Hall–Kier alpha value is -2.21. The third-order valence-corrected chi connectivity index (χ3v) is 5.39. The first kappa shape index (κ1) is 14.4. The molecule has 0 radical (unpaired) electrons. The van der Waals surface area contributed by atoms with Gasteiger partial charge in [-0.3, -0.25) is 9.20 Å². The van der Waals surface area contributed by atoms with Gasteiger partial charge in [-0.1, -0.05) is 6.07 Å². The molecule has 23 heavy (non-hydrogen) atoms. The van der Waals surface area contributed by atoms with Crippen LogP contribution in [-0.2, 0) is 0 Å². The SMILES string of the molecule is Cc1cc(C(=O)N2CCCC2c2nnc3ccccn23)c(C)s1. The predicted molar refractivity (Wildman–Crippen MR) is 89.8 cm³/mol. The van der Waals surface area contributed by atoms with Crippen molar-refractivity contribution < 1.29 is 4.79 Å². The molecule has 1 saturated heterocycles. The number of carbonyl (C=O) groups is 1. The summed E-state index contributed by atoms with van der Waals surface area (Å²) in [5.41, 5.74) is 1.65. The van der Waals surface area contributed by atoms with Gasteiger partial charge in [0.05, 0.1) is 11.6 Å². The van der Waals surface area contributed by atoms with Crippen molar-refractivity contribution in [2.45, 2.75) is 32.7 Å². The number of hydrogen-bond acceptors (Lipinski definition) is 4. The first-order chi connectivity index (χ1) is 11.1. The van der Waals surface area contributed by atoms with Gasteiger partial charge in [-0.25, -0.2) is 0 Å². The van der Waals surface area contributed by atoms with E-state index in [1.54, 1.807) is 11.3 Å². The second-order valence-corrected chi connectivity index (χ2v) is 7.43. The van der Waals surface area contributed by atoms with Crippen molar-refractivity contribution in [3.05, 3.63) is 51.6 Å². The van der Waals surface area contributed by atoms with Crippen LogP contribution in [0.25, 0.3) is 5.65 Å². The lowest BCUT2D eigenvalue weighted by Crippen LogP contribution is -2.31. The Kier molecular flexibility index (Phi) is 3.41. The average molecular weight is 326 g/mol. The van der Waals surface area contributed by atoms with Gasteiger partial charge in [-0.2, -0.15) is 0 Å². The fourth-order valence-corrected chi connectivity index (χ4v) is 4.28. The topological polar surface area (TPSA) is 50.5 Å². The van der Waals surface area contributed by atoms with Crippen LogP contribution in [0.4, 0.5) is 0 Å². The molecule has 0 bridgehead atoms. The standard InChI is InChI=1S/C17H18N4OS/c1-11-10-13(12(2)23-11)17(22)20-9-5-6-14(20)16-19-18-15-7-3-4-8-21(15)16/h3-4,7-8,10,14H,5-6,9H2,1-2H3. The maximum Gasteiger partial charge on any atom is 0.255 e. The minimum absolute atomic E-state index is 0.000457. The largest absolute Gasteiger partial charge is 0.328 e. The molecule has 0 spiro atoms. The van der Waals surface area contributed by atoms with E-state index in [1.165, 1.54) is 4.88 Å². The highest BCUT2D eigenvalue weighted by molar-refractivity contribution is 7.12. The third-order valence-electron chi connectivity index (χ3n) is 4.42. The zero-order valence-corrected chi connectivity index (χ0v) is 14.0. The van der Waals surface area contributed by atoms with Crippen LogP contribution < -0.4 is 0 Å². The average Bonchev–Trinajstić information content (AvgIpc) is 3.24. The summed E-state index contributed by atoms with van der Waals surface area (Å²) in [5.74, 6) is 0.970. The summed E-state index contributed by atoms with van der Waals surface area (Å²) in [5, 5.41) is 8.58. The van der Waals surface area contributed by atoms with Gasteiger partial charge in [0, 0.05) is 22.5 Å². The summed E-state index contributed by atoms with van der Waals surface area (Å²) in [6.45, 7) is 4.84. The van der Waals surface area contributed by atoms with Crippen LogP contribution >= 0.6 is 11.3 Å². The first-order valence-electron chi connectivity index (χ1n) is 7.83. The molecule has 3 aromatic heterocycles. The molecule has 1 amide bonds. The third kappa shape index (κ3) is 2.34. The van der Waals surface area contributed by atoms with E-state index < -0.39 is 0 Å². The summed E-state index contributed by atoms with van der Waals surface area (Å²) in [6.07, 6.45) is 3.90. The number of rotatable bonds is 2. The number of carbonyl (C=O) groups excluding carboxylic acids is 1. The van der Waals surface area contributed by atoms with Crippen LogP contribution in [0.15, 0.2) is 30.5 Å². The Balaban J connectivity index is 1.72. The quantitative estimate of drug-likeness (QED) is 0.725. The molecule has 4 rings (SSSR count). The predicted octanol–water partition coefficient (Wildman–Crippen LogP) is 3.38. The number of fused-ring (bicyclic) bond motifs is 1. The van der Waals surface area contributed by atoms with E-state index in [0.717, 1.165) is 41.3 Å². The number of pyridine rings is 1. The number of aromatic nitrogens is 3. The normalized spacial score (nSPS) is 18.0. The second kappa shape index (κ2) is 5.45. The summed E-state index contributed by atoms with van der Waals surface area (Å²) < 4.78 is 1.99. The van der Waals surface area contributed by atoms with Crippen molar-refractivity contribution >= 4 is 22.9 Å². The molecule has 0 N–H and O–H groups in total. The van der Waals surface area contributed by atoms with E-state index in [1.807, 2.05) is 53.6 Å². The Morgan fingerprint density at radius 1 is 1.30 bits per heavy atom. The van der Waals surface area contributed by atoms with Crippen LogP contribution in [-0.4, -0.2) is 31.9 Å². The van der Waals surface area contributed by atoms with Crippen LogP contribution in [0.1, 0.15) is 44.8 Å².